The van der Waals surface area contributed by atoms with Crippen LogP contribution in [0.4, 0.5) is 0 Å². The van der Waals surface area contributed by atoms with Gasteiger partial charge in [0.25, 0.3) is 0 Å². The van der Waals surface area contributed by atoms with Gasteiger partial charge in [0.2, 0.25) is 0 Å². The van der Waals surface area contributed by atoms with Crippen molar-refractivity contribution in [1.29, 1.82) is 0 Å². The Bertz CT molecular complexity index is 654. The molecule has 0 heterocycles. The van der Waals surface area contributed by atoms with Crippen molar-refractivity contribution in [1.82, 2.24) is 0 Å². The summed E-state index contributed by atoms with van der Waals surface area (Å²) < 4.78 is 0. The second kappa shape index (κ2) is 16.7. The smallest absolute Gasteiger partial charge is 0.336 e. The average molecular weight is 455 g/mol. The fourth-order valence-corrected chi connectivity index (χ4v) is 3.01. The van der Waals surface area contributed by atoms with Gasteiger partial charge < -0.3 is 31.9 Å². The quantitative estimate of drug-likeness (QED) is 0.213. The predicted octanol–water partition coefficient (Wildman–Crippen LogP) is 3.28. The third-order valence-corrected chi connectivity index (χ3v) is 4.74. The molecule has 0 spiro atoms. The number of aromatic carboxylic acids is 4. The largest absolute Gasteiger partial charge is 0.478 e. The number of unbranched alkanes of at least 4 members (excludes halogenated alkanes) is 9. The minimum absolute atomic E-state index is 0.511. The minimum Gasteiger partial charge on any atom is -0.478 e. The van der Waals surface area contributed by atoms with E-state index in [2.05, 4.69) is 0 Å². The summed E-state index contributed by atoms with van der Waals surface area (Å²) in [5, 5.41) is 35.0. The second-order valence-corrected chi connectivity index (χ2v) is 7.28. The Balaban J connectivity index is 0.000000622. The topological polar surface area (TPSA) is 201 Å². The van der Waals surface area contributed by atoms with Crippen LogP contribution in [0.1, 0.15) is 106 Å². The van der Waals surface area contributed by atoms with E-state index in [1.807, 2.05) is 0 Å². The van der Waals surface area contributed by atoms with Gasteiger partial charge in [0.05, 0.1) is 22.3 Å². The molecule has 0 aliphatic heterocycles. The highest BCUT2D eigenvalue weighted by atomic mass is 16.4. The molecular formula is C22H34N2O8. The molecule has 0 aliphatic carbocycles. The molecule has 0 saturated carbocycles. The van der Waals surface area contributed by atoms with Crippen LogP contribution >= 0.6 is 0 Å². The maximum Gasteiger partial charge on any atom is 0.336 e. The van der Waals surface area contributed by atoms with E-state index in [0.29, 0.717) is 12.1 Å². The summed E-state index contributed by atoms with van der Waals surface area (Å²) in [7, 11) is 0. The fraction of sp³-hybridized carbons (Fsp3) is 0.545. The first-order valence-corrected chi connectivity index (χ1v) is 10.7. The van der Waals surface area contributed by atoms with E-state index in [1.165, 1.54) is 64.2 Å². The fourth-order valence-electron chi connectivity index (χ4n) is 3.01. The van der Waals surface area contributed by atoms with Crippen LogP contribution in [-0.2, 0) is 0 Å². The van der Waals surface area contributed by atoms with Crippen LogP contribution in [0.15, 0.2) is 12.1 Å². The van der Waals surface area contributed by atoms with Crippen LogP contribution in [0.5, 0.6) is 0 Å². The van der Waals surface area contributed by atoms with Gasteiger partial charge in [-0.3, -0.25) is 0 Å². The van der Waals surface area contributed by atoms with Crippen molar-refractivity contribution in [3.63, 3.8) is 0 Å². The first-order valence-electron chi connectivity index (χ1n) is 10.7. The molecule has 10 heteroatoms. The van der Waals surface area contributed by atoms with Gasteiger partial charge in [-0.05, 0) is 38.1 Å². The summed E-state index contributed by atoms with van der Waals surface area (Å²) in [5.41, 5.74) is 7.71. The maximum absolute atomic E-state index is 10.8. The van der Waals surface area contributed by atoms with Crippen LogP contribution < -0.4 is 11.5 Å². The maximum atomic E-state index is 10.8. The summed E-state index contributed by atoms with van der Waals surface area (Å²) in [6.07, 6.45) is 13.4. The van der Waals surface area contributed by atoms with Crippen LogP contribution in [-0.4, -0.2) is 57.4 Å². The van der Waals surface area contributed by atoms with Crippen LogP contribution in [0.25, 0.3) is 0 Å². The zero-order valence-corrected chi connectivity index (χ0v) is 18.2. The van der Waals surface area contributed by atoms with Crippen molar-refractivity contribution in [2.45, 2.75) is 64.2 Å². The molecule has 180 valence electrons. The van der Waals surface area contributed by atoms with Gasteiger partial charge in [-0.1, -0.05) is 51.4 Å². The molecule has 0 unspecified atom stereocenters. The number of carbonyl (C=O) groups is 4. The van der Waals surface area contributed by atoms with Crippen molar-refractivity contribution in [3.8, 4) is 0 Å². The van der Waals surface area contributed by atoms with Crippen LogP contribution in [0, 0.1) is 0 Å². The van der Waals surface area contributed by atoms with E-state index < -0.39 is 46.1 Å². The Kier molecular flexibility index (Phi) is 15.1. The number of carboxylic acids is 4. The monoisotopic (exact) mass is 454 g/mol. The minimum atomic E-state index is -1.66. The molecule has 1 aromatic carbocycles. The van der Waals surface area contributed by atoms with Crippen molar-refractivity contribution >= 4 is 23.9 Å². The molecule has 0 atom stereocenters. The second-order valence-electron chi connectivity index (χ2n) is 7.28. The molecule has 10 nitrogen and oxygen atoms in total. The first kappa shape index (κ1) is 29.0. The van der Waals surface area contributed by atoms with E-state index in [9.17, 15) is 19.2 Å². The zero-order chi connectivity index (χ0) is 24.5. The third-order valence-electron chi connectivity index (χ3n) is 4.74. The van der Waals surface area contributed by atoms with Crippen molar-refractivity contribution in [3.05, 3.63) is 34.4 Å². The zero-order valence-electron chi connectivity index (χ0n) is 18.2. The lowest BCUT2D eigenvalue weighted by Gasteiger charge is -2.06. The molecule has 0 aromatic heterocycles. The molecule has 0 saturated heterocycles. The standard InChI is InChI=1S/C12H28N2.C10H6O8/c13-11-9-7-5-3-1-2-4-6-8-10-12-14;11-7(12)3-1-4(8(13)14)6(10(17)18)2-5(3)9(15)16/h1-14H2;1-2H,(H,11,12)(H,13,14)(H,15,16)(H,17,18). The Morgan fingerprint density at radius 1 is 0.469 bits per heavy atom. The molecule has 1 rings (SSSR count). The van der Waals surface area contributed by atoms with E-state index in [-0.39, 0.29) is 0 Å². The highest BCUT2D eigenvalue weighted by Gasteiger charge is 2.24. The first-order chi connectivity index (χ1) is 15.2. The lowest BCUT2D eigenvalue weighted by molar-refractivity contribution is 0.0637. The van der Waals surface area contributed by atoms with Gasteiger partial charge in [0.15, 0.2) is 0 Å². The van der Waals surface area contributed by atoms with Crippen molar-refractivity contribution < 1.29 is 39.6 Å². The normalized spacial score (nSPS) is 10.2. The summed E-state index contributed by atoms with van der Waals surface area (Å²) in [6.45, 7) is 1.72. The van der Waals surface area contributed by atoms with E-state index in [1.54, 1.807) is 0 Å². The number of hydrogen-bond acceptors (Lipinski definition) is 6. The molecule has 0 radical (unpaired) electrons. The summed E-state index contributed by atoms with van der Waals surface area (Å²) >= 11 is 0. The van der Waals surface area contributed by atoms with Crippen molar-refractivity contribution in [2.75, 3.05) is 13.1 Å². The van der Waals surface area contributed by atoms with Gasteiger partial charge >= 0.3 is 23.9 Å². The lowest BCUT2D eigenvalue weighted by atomic mass is 9.98. The molecule has 0 amide bonds. The number of hydrogen-bond donors (Lipinski definition) is 6. The number of carboxylic acid groups (broad SMARTS) is 4. The summed E-state index contributed by atoms with van der Waals surface area (Å²) in [4.78, 5) is 43.1. The highest BCUT2D eigenvalue weighted by molar-refractivity contribution is 6.09. The summed E-state index contributed by atoms with van der Waals surface area (Å²) in [6, 6.07) is 1.02. The number of nitrogens with two attached hydrogens (primary N) is 2. The number of benzene rings is 1. The Morgan fingerprint density at radius 2 is 0.656 bits per heavy atom. The number of rotatable bonds is 15. The van der Waals surface area contributed by atoms with Crippen LogP contribution in [0.3, 0.4) is 0 Å². The Labute approximate surface area is 187 Å². The van der Waals surface area contributed by atoms with Gasteiger partial charge in [0, 0.05) is 0 Å². The molecular weight excluding hydrogens is 420 g/mol. The van der Waals surface area contributed by atoms with Gasteiger partial charge in [0.1, 0.15) is 0 Å². The Morgan fingerprint density at radius 3 is 0.812 bits per heavy atom. The molecule has 8 N–H and O–H groups in total. The van der Waals surface area contributed by atoms with Crippen LogP contribution in [0.2, 0.25) is 0 Å². The van der Waals surface area contributed by atoms with E-state index >= 15 is 0 Å². The predicted molar refractivity (Wildman–Crippen MR) is 119 cm³/mol. The molecule has 32 heavy (non-hydrogen) atoms. The van der Waals surface area contributed by atoms with Gasteiger partial charge in [-0.25, -0.2) is 19.2 Å². The highest BCUT2D eigenvalue weighted by Crippen LogP contribution is 2.18. The molecule has 0 aliphatic rings. The van der Waals surface area contributed by atoms with Crippen molar-refractivity contribution in [2.24, 2.45) is 11.5 Å². The lowest BCUT2D eigenvalue weighted by Crippen LogP contribution is -2.15. The molecule has 1 aromatic rings. The van der Waals surface area contributed by atoms with Gasteiger partial charge in [-0.2, -0.15) is 0 Å². The summed E-state index contributed by atoms with van der Waals surface area (Å²) in [5.74, 6) is -6.64. The average Bonchev–Trinajstić information content (AvgIpc) is 2.74. The molecule has 0 fully saturated rings. The van der Waals surface area contributed by atoms with E-state index in [0.717, 1.165) is 13.1 Å². The molecule has 0 bridgehead atoms. The van der Waals surface area contributed by atoms with Gasteiger partial charge in [-0.15, -0.1) is 0 Å². The van der Waals surface area contributed by atoms with E-state index in [4.69, 9.17) is 31.9 Å². The SMILES string of the molecule is NCCCCCCCCCCCCN.O=C(O)c1cc(C(=O)O)c(C(=O)O)cc1C(=O)O. The Hall–Kier alpha value is -2.98. The third kappa shape index (κ3) is 11.4.